The predicted octanol–water partition coefficient (Wildman–Crippen LogP) is 1.79. The lowest BCUT2D eigenvalue weighted by Gasteiger charge is -2.02. The molecule has 0 aliphatic rings. The van der Waals surface area contributed by atoms with Crippen molar-refractivity contribution in [3.63, 3.8) is 0 Å². The number of halogens is 2. The number of benzene rings is 1. The maximum Gasteiger partial charge on any atom is 0.137 e. The molecule has 2 nitrogen and oxygen atoms in total. The van der Waals surface area contributed by atoms with Crippen molar-refractivity contribution in [2.75, 3.05) is 0 Å². The monoisotopic (exact) mass is 277 g/mol. The number of rotatable bonds is 1. The minimum Gasteiger partial charge on any atom is -0.392 e. The summed E-state index contributed by atoms with van der Waals surface area (Å²) in [5, 5.41) is 17.4. The van der Waals surface area contributed by atoms with Gasteiger partial charge >= 0.3 is 0 Å². The molecule has 0 radical (unpaired) electrons. The van der Waals surface area contributed by atoms with E-state index in [2.05, 4.69) is 0 Å². The first-order valence-electron chi connectivity index (χ1n) is 3.18. The predicted molar refractivity (Wildman–Crippen MR) is 49.8 cm³/mol. The molecular weight excluding hydrogens is 272 g/mol. The molecule has 0 unspecified atom stereocenters. The second kappa shape index (κ2) is 3.83. The molecule has 0 heterocycles. The second-order valence-corrected chi connectivity index (χ2v) is 3.24. The Morgan fingerprint density at radius 1 is 1.58 bits per heavy atom. The Kier molecular flexibility index (Phi) is 3.00. The largest absolute Gasteiger partial charge is 0.392 e. The van der Waals surface area contributed by atoms with Gasteiger partial charge in [-0.1, -0.05) is 6.07 Å². The Hall–Kier alpha value is -0.670. The van der Waals surface area contributed by atoms with Gasteiger partial charge in [-0.25, -0.2) is 4.39 Å². The molecule has 1 aromatic carbocycles. The summed E-state index contributed by atoms with van der Waals surface area (Å²) in [5.41, 5.74) is 0.682. The normalized spacial score (nSPS) is 9.50. The summed E-state index contributed by atoms with van der Waals surface area (Å²) in [7, 11) is 0. The lowest BCUT2D eigenvalue weighted by molar-refractivity contribution is 0.281. The highest BCUT2D eigenvalue weighted by Gasteiger charge is 2.09. The molecule has 62 valence electrons. The van der Waals surface area contributed by atoms with Gasteiger partial charge in [0.25, 0.3) is 0 Å². The van der Waals surface area contributed by atoms with Gasteiger partial charge in [-0.2, -0.15) is 5.26 Å². The summed E-state index contributed by atoms with van der Waals surface area (Å²) in [6.07, 6.45) is 0. The molecule has 0 aromatic heterocycles. The van der Waals surface area contributed by atoms with E-state index < -0.39 is 5.82 Å². The average Bonchev–Trinajstić information content (AvgIpc) is 2.09. The summed E-state index contributed by atoms with van der Waals surface area (Å²) in [6, 6.07) is 4.51. The Bertz CT molecular complexity index is 346. The quantitative estimate of drug-likeness (QED) is 0.795. The van der Waals surface area contributed by atoms with Gasteiger partial charge in [0, 0.05) is 0 Å². The van der Waals surface area contributed by atoms with Crippen LogP contribution >= 0.6 is 22.6 Å². The highest BCUT2D eigenvalue weighted by Crippen LogP contribution is 2.19. The van der Waals surface area contributed by atoms with Crippen LogP contribution in [0.1, 0.15) is 11.1 Å². The minimum atomic E-state index is -0.427. The summed E-state index contributed by atoms with van der Waals surface area (Å²) in [5.74, 6) is -0.427. The Morgan fingerprint density at radius 3 is 2.75 bits per heavy atom. The number of nitriles is 1. The van der Waals surface area contributed by atoms with E-state index >= 15 is 0 Å². The molecular formula is C8H5FINO. The van der Waals surface area contributed by atoms with Gasteiger partial charge < -0.3 is 5.11 Å². The lowest BCUT2D eigenvalue weighted by Crippen LogP contribution is -1.95. The highest BCUT2D eigenvalue weighted by atomic mass is 127. The van der Waals surface area contributed by atoms with Crippen molar-refractivity contribution in [2.24, 2.45) is 0 Å². The van der Waals surface area contributed by atoms with E-state index in [0.717, 1.165) is 0 Å². The van der Waals surface area contributed by atoms with Gasteiger partial charge in [0.05, 0.1) is 15.7 Å². The summed E-state index contributed by atoms with van der Waals surface area (Å²) >= 11 is 1.75. The van der Waals surface area contributed by atoms with Gasteiger partial charge in [-0.05, 0) is 34.2 Å². The van der Waals surface area contributed by atoms with Crippen LogP contribution in [-0.2, 0) is 6.61 Å². The Balaban J connectivity index is 3.38. The maximum atomic E-state index is 12.8. The van der Waals surface area contributed by atoms with Crippen LogP contribution < -0.4 is 0 Å². The number of aliphatic hydroxyl groups excluding tert-OH is 1. The minimum absolute atomic E-state index is 0.220. The fourth-order valence-corrected chi connectivity index (χ4v) is 1.49. The van der Waals surface area contributed by atoms with E-state index in [1.807, 2.05) is 6.07 Å². The SMILES string of the molecule is N#Cc1c(CO)ccc(F)c1I. The van der Waals surface area contributed by atoms with Crippen LogP contribution in [0.3, 0.4) is 0 Å². The summed E-state index contributed by atoms with van der Waals surface area (Å²) in [4.78, 5) is 0. The smallest absolute Gasteiger partial charge is 0.137 e. The number of hydrogen-bond acceptors (Lipinski definition) is 2. The van der Waals surface area contributed by atoms with E-state index in [9.17, 15) is 4.39 Å². The van der Waals surface area contributed by atoms with Crippen LogP contribution in [0.15, 0.2) is 12.1 Å². The van der Waals surface area contributed by atoms with E-state index in [1.54, 1.807) is 22.6 Å². The van der Waals surface area contributed by atoms with Crippen LogP contribution in [-0.4, -0.2) is 5.11 Å². The molecule has 0 amide bonds. The molecule has 4 heteroatoms. The molecule has 0 spiro atoms. The first-order valence-corrected chi connectivity index (χ1v) is 4.26. The topological polar surface area (TPSA) is 44.0 Å². The van der Waals surface area contributed by atoms with E-state index in [0.29, 0.717) is 5.56 Å². The first kappa shape index (κ1) is 9.42. The molecule has 0 aliphatic carbocycles. The van der Waals surface area contributed by atoms with E-state index in [4.69, 9.17) is 10.4 Å². The number of nitrogens with zero attached hydrogens (tertiary/aromatic N) is 1. The van der Waals surface area contributed by atoms with Crippen molar-refractivity contribution in [1.82, 2.24) is 0 Å². The zero-order chi connectivity index (χ0) is 9.14. The fraction of sp³-hybridized carbons (Fsp3) is 0.125. The third kappa shape index (κ3) is 1.57. The molecule has 0 atom stereocenters. The molecule has 1 N–H and O–H groups in total. The molecule has 0 saturated carbocycles. The average molecular weight is 277 g/mol. The van der Waals surface area contributed by atoms with Crippen molar-refractivity contribution < 1.29 is 9.50 Å². The molecule has 1 aromatic rings. The van der Waals surface area contributed by atoms with Crippen LogP contribution in [0.5, 0.6) is 0 Å². The van der Waals surface area contributed by atoms with Crippen molar-refractivity contribution >= 4 is 22.6 Å². The van der Waals surface area contributed by atoms with Crippen LogP contribution in [0.4, 0.5) is 4.39 Å². The molecule has 0 saturated heterocycles. The van der Waals surface area contributed by atoms with Crippen molar-refractivity contribution in [1.29, 1.82) is 5.26 Å². The van der Waals surface area contributed by atoms with Crippen LogP contribution in [0.2, 0.25) is 0 Å². The van der Waals surface area contributed by atoms with Gasteiger partial charge in [0.1, 0.15) is 11.9 Å². The van der Waals surface area contributed by atoms with Crippen molar-refractivity contribution in [3.05, 3.63) is 32.6 Å². The van der Waals surface area contributed by atoms with Crippen LogP contribution in [0.25, 0.3) is 0 Å². The van der Waals surface area contributed by atoms with Gasteiger partial charge in [-0.3, -0.25) is 0 Å². The Labute approximate surface area is 82.8 Å². The summed E-state index contributed by atoms with van der Waals surface area (Å²) in [6.45, 7) is -0.237. The van der Waals surface area contributed by atoms with Gasteiger partial charge in [0.15, 0.2) is 0 Å². The number of aliphatic hydroxyl groups is 1. The molecule has 0 fully saturated rings. The third-order valence-corrected chi connectivity index (χ3v) is 2.52. The zero-order valence-electron chi connectivity index (χ0n) is 6.01. The third-order valence-electron chi connectivity index (χ3n) is 1.46. The Morgan fingerprint density at radius 2 is 2.25 bits per heavy atom. The molecule has 0 bridgehead atoms. The van der Waals surface area contributed by atoms with Crippen LogP contribution in [0, 0.1) is 20.7 Å². The van der Waals surface area contributed by atoms with E-state index in [1.165, 1.54) is 12.1 Å². The maximum absolute atomic E-state index is 12.8. The molecule has 12 heavy (non-hydrogen) atoms. The highest BCUT2D eigenvalue weighted by molar-refractivity contribution is 14.1. The first-order chi connectivity index (χ1) is 5.70. The standard InChI is InChI=1S/C8H5FINO/c9-7-2-1-5(4-12)6(3-11)8(7)10/h1-2,12H,4H2. The lowest BCUT2D eigenvalue weighted by atomic mass is 10.1. The molecule has 1 rings (SSSR count). The van der Waals surface area contributed by atoms with Gasteiger partial charge in [0.2, 0.25) is 0 Å². The fourth-order valence-electron chi connectivity index (χ4n) is 0.843. The zero-order valence-corrected chi connectivity index (χ0v) is 8.17. The van der Waals surface area contributed by atoms with E-state index in [-0.39, 0.29) is 15.7 Å². The van der Waals surface area contributed by atoms with Gasteiger partial charge in [-0.15, -0.1) is 0 Å². The second-order valence-electron chi connectivity index (χ2n) is 2.17. The van der Waals surface area contributed by atoms with Crippen molar-refractivity contribution in [2.45, 2.75) is 6.61 Å². The van der Waals surface area contributed by atoms with Crippen molar-refractivity contribution in [3.8, 4) is 6.07 Å². The molecule has 0 aliphatic heterocycles. The summed E-state index contributed by atoms with van der Waals surface area (Å²) < 4.78 is 13.1. The number of hydrogen-bond donors (Lipinski definition) is 1.